The van der Waals surface area contributed by atoms with Crippen LogP contribution >= 0.6 is 0 Å². The minimum absolute atomic E-state index is 0.128. The first-order valence-corrected chi connectivity index (χ1v) is 10.8. The zero-order chi connectivity index (χ0) is 23.4. The molecule has 0 unspecified atom stereocenters. The summed E-state index contributed by atoms with van der Waals surface area (Å²) in [6, 6.07) is 23.2. The van der Waals surface area contributed by atoms with Crippen LogP contribution in [0.5, 0.6) is 0 Å². The number of aromatic nitrogens is 2. The Bertz CT molecular complexity index is 1280. The number of carbonyl (C=O) groups excluding carboxylic acids is 1. The maximum Gasteiger partial charge on any atom is 0.255 e. The topological polar surface area (TPSA) is 78.9 Å². The monoisotopic (exact) mass is 437 g/mol. The van der Waals surface area contributed by atoms with Gasteiger partial charge in [-0.25, -0.2) is 4.98 Å². The SMILES string of the molecule is Cc1ccc(Nc2nc(C)cc(Nc3ccc(NC(=O)c4ccc(C)c(C)c4)cc3)n2)cc1. The molecule has 3 aromatic carbocycles. The van der Waals surface area contributed by atoms with Crippen molar-refractivity contribution in [2.45, 2.75) is 27.7 Å². The van der Waals surface area contributed by atoms with E-state index in [-0.39, 0.29) is 5.91 Å². The van der Waals surface area contributed by atoms with Crippen LogP contribution < -0.4 is 16.0 Å². The van der Waals surface area contributed by atoms with E-state index in [0.717, 1.165) is 28.3 Å². The maximum atomic E-state index is 12.5. The van der Waals surface area contributed by atoms with Gasteiger partial charge in [-0.15, -0.1) is 0 Å². The van der Waals surface area contributed by atoms with Gasteiger partial charge in [0.15, 0.2) is 0 Å². The van der Waals surface area contributed by atoms with Crippen LogP contribution in [-0.2, 0) is 0 Å². The minimum atomic E-state index is -0.128. The Balaban J connectivity index is 1.43. The van der Waals surface area contributed by atoms with Crippen molar-refractivity contribution >= 4 is 34.7 Å². The van der Waals surface area contributed by atoms with Gasteiger partial charge >= 0.3 is 0 Å². The molecule has 0 fully saturated rings. The maximum absolute atomic E-state index is 12.5. The lowest BCUT2D eigenvalue weighted by Gasteiger charge is -2.11. The molecule has 6 heteroatoms. The molecule has 33 heavy (non-hydrogen) atoms. The zero-order valence-electron chi connectivity index (χ0n) is 19.2. The van der Waals surface area contributed by atoms with Crippen LogP contribution in [0.2, 0.25) is 0 Å². The molecule has 4 rings (SSSR count). The van der Waals surface area contributed by atoms with Gasteiger partial charge in [-0.2, -0.15) is 4.98 Å². The molecule has 6 nitrogen and oxygen atoms in total. The fourth-order valence-corrected chi connectivity index (χ4v) is 3.33. The van der Waals surface area contributed by atoms with E-state index in [1.54, 1.807) is 0 Å². The fraction of sp³-hybridized carbons (Fsp3) is 0.148. The summed E-state index contributed by atoms with van der Waals surface area (Å²) < 4.78 is 0. The van der Waals surface area contributed by atoms with Crippen LogP contribution in [-0.4, -0.2) is 15.9 Å². The molecule has 0 aliphatic rings. The predicted octanol–water partition coefficient (Wildman–Crippen LogP) is 6.45. The summed E-state index contributed by atoms with van der Waals surface area (Å²) in [7, 11) is 0. The number of nitrogens with one attached hydrogen (secondary N) is 3. The van der Waals surface area contributed by atoms with Gasteiger partial charge in [-0.05, 0) is 87.4 Å². The number of aryl methyl sites for hydroxylation is 4. The number of amides is 1. The van der Waals surface area contributed by atoms with Crippen LogP contribution in [0.15, 0.2) is 72.8 Å². The summed E-state index contributed by atoms with van der Waals surface area (Å²) in [5, 5.41) is 9.49. The summed E-state index contributed by atoms with van der Waals surface area (Å²) in [5.74, 6) is 1.08. The minimum Gasteiger partial charge on any atom is -0.340 e. The first kappa shape index (κ1) is 22.0. The van der Waals surface area contributed by atoms with E-state index in [1.165, 1.54) is 11.1 Å². The van der Waals surface area contributed by atoms with E-state index in [0.29, 0.717) is 17.3 Å². The van der Waals surface area contributed by atoms with Crippen LogP contribution in [0.25, 0.3) is 0 Å². The molecule has 3 N–H and O–H groups in total. The molecular weight excluding hydrogens is 410 g/mol. The quantitative estimate of drug-likeness (QED) is 0.323. The summed E-state index contributed by atoms with van der Waals surface area (Å²) in [6.07, 6.45) is 0. The Hall–Kier alpha value is -4.19. The van der Waals surface area contributed by atoms with Gasteiger partial charge in [-0.3, -0.25) is 4.79 Å². The number of hydrogen-bond donors (Lipinski definition) is 3. The highest BCUT2D eigenvalue weighted by atomic mass is 16.1. The predicted molar refractivity (Wildman–Crippen MR) is 135 cm³/mol. The van der Waals surface area contributed by atoms with E-state index in [2.05, 4.69) is 32.8 Å². The molecule has 166 valence electrons. The summed E-state index contributed by atoms with van der Waals surface area (Å²) in [6.45, 7) is 8.01. The van der Waals surface area contributed by atoms with Crippen molar-refractivity contribution in [2.75, 3.05) is 16.0 Å². The Morgan fingerprint density at radius 3 is 2.00 bits per heavy atom. The molecule has 0 saturated heterocycles. The van der Waals surface area contributed by atoms with E-state index in [9.17, 15) is 4.79 Å². The molecular formula is C27H27N5O. The van der Waals surface area contributed by atoms with Gasteiger partial charge in [-0.1, -0.05) is 23.8 Å². The van der Waals surface area contributed by atoms with Crippen molar-refractivity contribution in [3.8, 4) is 0 Å². The number of anilines is 5. The van der Waals surface area contributed by atoms with Gasteiger partial charge in [0.2, 0.25) is 5.95 Å². The van der Waals surface area contributed by atoms with Crippen molar-refractivity contribution in [3.63, 3.8) is 0 Å². The van der Waals surface area contributed by atoms with Gasteiger partial charge in [0.05, 0.1) is 0 Å². The summed E-state index contributed by atoms with van der Waals surface area (Å²) in [5.41, 5.74) is 7.47. The standard InChI is InChI=1S/C27H27N5O/c1-17-5-9-24(10-6-17)31-27-28-20(4)16-25(32-27)29-22-11-13-23(14-12-22)30-26(33)21-8-7-18(2)19(3)15-21/h5-16H,1-4H3,(H,30,33)(H2,28,29,31,32). The average Bonchev–Trinajstić information content (AvgIpc) is 2.78. The summed E-state index contributed by atoms with van der Waals surface area (Å²) >= 11 is 0. The highest BCUT2D eigenvalue weighted by Gasteiger charge is 2.08. The number of rotatable bonds is 6. The Labute approximate surface area is 194 Å². The molecule has 1 heterocycles. The second kappa shape index (κ2) is 9.53. The molecule has 0 spiro atoms. The van der Waals surface area contributed by atoms with E-state index < -0.39 is 0 Å². The van der Waals surface area contributed by atoms with Crippen molar-refractivity contribution in [1.29, 1.82) is 0 Å². The lowest BCUT2D eigenvalue weighted by Crippen LogP contribution is -2.12. The van der Waals surface area contributed by atoms with Crippen molar-refractivity contribution in [3.05, 3.63) is 101 Å². The Kier molecular flexibility index (Phi) is 6.36. The van der Waals surface area contributed by atoms with Gasteiger partial charge in [0, 0.05) is 34.4 Å². The third kappa shape index (κ3) is 5.74. The molecule has 1 amide bonds. The van der Waals surface area contributed by atoms with E-state index in [1.807, 2.05) is 93.6 Å². The first-order valence-electron chi connectivity index (χ1n) is 10.8. The normalized spacial score (nSPS) is 10.5. The van der Waals surface area contributed by atoms with Crippen LogP contribution in [0, 0.1) is 27.7 Å². The van der Waals surface area contributed by atoms with Gasteiger partial charge < -0.3 is 16.0 Å². The first-order chi connectivity index (χ1) is 15.9. The number of nitrogens with zero attached hydrogens (tertiary/aromatic N) is 2. The smallest absolute Gasteiger partial charge is 0.255 e. The second-order valence-corrected chi connectivity index (χ2v) is 8.16. The lowest BCUT2D eigenvalue weighted by atomic mass is 10.1. The third-order valence-electron chi connectivity index (χ3n) is 5.35. The highest BCUT2D eigenvalue weighted by molar-refractivity contribution is 6.04. The Morgan fingerprint density at radius 1 is 0.667 bits per heavy atom. The van der Waals surface area contributed by atoms with E-state index in [4.69, 9.17) is 0 Å². The average molecular weight is 438 g/mol. The molecule has 0 aliphatic carbocycles. The molecule has 0 saturated carbocycles. The van der Waals surface area contributed by atoms with Crippen LogP contribution in [0.4, 0.5) is 28.8 Å². The van der Waals surface area contributed by atoms with Gasteiger partial charge in [0.25, 0.3) is 5.91 Å². The summed E-state index contributed by atoms with van der Waals surface area (Å²) in [4.78, 5) is 21.6. The Morgan fingerprint density at radius 2 is 1.30 bits per heavy atom. The van der Waals surface area contributed by atoms with Crippen molar-refractivity contribution in [2.24, 2.45) is 0 Å². The number of carbonyl (C=O) groups is 1. The lowest BCUT2D eigenvalue weighted by molar-refractivity contribution is 0.102. The molecule has 1 aromatic heterocycles. The van der Waals surface area contributed by atoms with E-state index >= 15 is 0 Å². The zero-order valence-corrected chi connectivity index (χ0v) is 19.2. The molecule has 4 aromatic rings. The van der Waals surface area contributed by atoms with Crippen molar-refractivity contribution in [1.82, 2.24) is 9.97 Å². The molecule has 0 radical (unpaired) electrons. The molecule has 0 atom stereocenters. The third-order valence-corrected chi connectivity index (χ3v) is 5.35. The molecule has 0 aliphatic heterocycles. The van der Waals surface area contributed by atoms with Crippen LogP contribution in [0.3, 0.4) is 0 Å². The van der Waals surface area contributed by atoms with Crippen LogP contribution in [0.1, 0.15) is 32.7 Å². The molecule has 0 bridgehead atoms. The number of hydrogen-bond acceptors (Lipinski definition) is 5. The van der Waals surface area contributed by atoms with Gasteiger partial charge in [0.1, 0.15) is 5.82 Å². The highest BCUT2D eigenvalue weighted by Crippen LogP contribution is 2.21. The fourth-order valence-electron chi connectivity index (χ4n) is 3.33. The van der Waals surface area contributed by atoms with Crippen molar-refractivity contribution < 1.29 is 4.79 Å². The number of benzene rings is 3. The second-order valence-electron chi connectivity index (χ2n) is 8.16. The largest absolute Gasteiger partial charge is 0.340 e.